The van der Waals surface area contributed by atoms with Gasteiger partial charge >= 0.3 is 6.03 Å². The minimum atomic E-state index is -0.164. The highest BCUT2D eigenvalue weighted by atomic mass is 16.5. The summed E-state index contributed by atoms with van der Waals surface area (Å²) >= 11 is 0. The van der Waals surface area contributed by atoms with Crippen molar-refractivity contribution >= 4 is 28.3 Å². The van der Waals surface area contributed by atoms with Crippen LogP contribution < -0.4 is 25.4 Å². The topological polar surface area (TPSA) is 108 Å². The second-order valence-electron chi connectivity index (χ2n) is 7.63. The lowest BCUT2D eigenvalue weighted by atomic mass is 10.1. The van der Waals surface area contributed by atoms with Crippen LogP contribution in [0.3, 0.4) is 0 Å². The molecule has 0 radical (unpaired) electrons. The largest absolute Gasteiger partial charge is 0.493 e. The van der Waals surface area contributed by atoms with Crippen LogP contribution in [-0.2, 0) is 6.42 Å². The molecule has 1 heterocycles. The Hall–Kier alpha value is -3.99. The lowest BCUT2D eigenvalue weighted by Gasteiger charge is -2.14. The molecule has 0 atom stereocenters. The summed E-state index contributed by atoms with van der Waals surface area (Å²) in [6.07, 6.45) is 4.42. The van der Waals surface area contributed by atoms with Gasteiger partial charge in [-0.25, -0.2) is 4.79 Å². The van der Waals surface area contributed by atoms with E-state index in [1.165, 1.54) is 0 Å². The molecule has 0 bridgehead atoms. The highest BCUT2D eigenvalue weighted by Gasteiger charge is 2.23. The first kappa shape index (κ1) is 21.2. The number of hydrogen-bond acceptors (Lipinski definition) is 6. The van der Waals surface area contributed by atoms with Gasteiger partial charge in [0.05, 0.1) is 31.0 Å². The molecule has 1 saturated carbocycles. The number of aromatic nitrogens is 1. The molecule has 3 N–H and O–H groups in total. The summed E-state index contributed by atoms with van der Waals surface area (Å²) < 4.78 is 10.8. The van der Waals surface area contributed by atoms with Crippen molar-refractivity contribution in [1.29, 1.82) is 5.26 Å². The zero-order valence-electron chi connectivity index (χ0n) is 18.1. The molecule has 0 spiro atoms. The van der Waals surface area contributed by atoms with E-state index in [2.05, 4.69) is 27.0 Å². The van der Waals surface area contributed by atoms with Crippen molar-refractivity contribution in [3.63, 3.8) is 0 Å². The summed E-state index contributed by atoms with van der Waals surface area (Å²) in [6, 6.07) is 13.7. The number of nitrogens with one attached hydrogen (secondary N) is 3. The molecule has 164 valence electrons. The van der Waals surface area contributed by atoms with Gasteiger partial charge in [-0.1, -0.05) is 12.1 Å². The normalized spacial score (nSPS) is 12.7. The molecule has 4 rings (SSSR count). The monoisotopic (exact) mass is 431 g/mol. The lowest BCUT2D eigenvalue weighted by Crippen LogP contribution is -2.30. The molecular formula is C24H25N5O3. The van der Waals surface area contributed by atoms with Crippen molar-refractivity contribution in [2.24, 2.45) is 0 Å². The van der Waals surface area contributed by atoms with Crippen molar-refractivity contribution in [1.82, 2.24) is 10.3 Å². The number of nitriles is 1. The maximum absolute atomic E-state index is 11.8. The van der Waals surface area contributed by atoms with E-state index >= 15 is 0 Å². The number of anilines is 2. The van der Waals surface area contributed by atoms with Gasteiger partial charge in [-0.05, 0) is 43.0 Å². The Bertz CT molecular complexity index is 1170. The molecule has 3 aromatic rings. The number of carbonyl (C=O) groups is 1. The number of hydrogen-bond donors (Lipinski definition) is 3. The van der Waals surface area contributed by atoms with Gasteiger partial charge in [0.15, 0.2) is 11.5 Å². The Labute approximate surface area is 186 Å². The van der Waals surface area contributed by atoms with Crippen LogP contribution in [-0.4, -0.2) is 37.8 Å². The standard InChI is InChI=1S/C24H25N5O3/c1-31-21-11-19-20(12-22(21)32-2)27-14-16(13-25)23(19)26-10-9-15-3-5-17(6-4-15)28-24(30)29-18-7-8-18/h3-6,11-12,14,18H,7-10H2,1-2H3,(H,26,27)(H2,28,29,30). The van der Waals surface area contributed by atoms with E-state index in [1.54, 1.807) is 26.5 Å². The Kier molecular flexibility index (Phi) is 6.26. The zero-order valence-corrected chi connectivity index (χ0v) is 18.1. The third-order valence-corrected chi connectivity index (χ3v) is 5.33. The van der Waals surface area contributed by atoms with Crippen molar-refractivity contribution in [2.75, 3.05) is 31.4 Å². The van der Waals surface area contributed by atoms with E-state index in [0.717, 1.165) is 35.9 Å². The molecule has 0 saturated heterocycles. The zero-order chi connectivity index (χ0) is 22.5. The average Bonchev–Trinajstić information content (AvgIpc) is 3.63. The third kappa shape index (κ3) is 4.83. The van der Waals surface area contributed by atoms with Crippen molar-refractivity contribution in [3.8, 4) is 17.6 Å². The summed E-state index contributed by atoms with van der Waals surface area (Å²) in [7, 11) is 3.15. The maximum atomic E-state index is 11.8. The maximum Gasteiger partial charge on any atom is 0.319 e. The molecule has 8 heteroatoms. The van der Waals surface area contributed by atoms with Crippen LogP contribution >= 0.6 is 0 Å². The number of pyridine rings is 1. The van der Waals surface area contributed by atoms with E-state index in [4.69, 9.17) is 9.47 Å². The molecule has 0 aliphatic heterocycles. The smallest absolute Gasteiger partial charge is 0.319 e. The number of fused-ring (bicyclic) bond motifs is 1. The van der Waals surface area contributed by atoms with Crippen LogP contribution in [0.2, 0.25) is 0 Å². The van der Waals surface area contributed by atoms with Crippen LogP contribution in [0.25, 0.3) is 10.9 Å². The molecule has 1 aliphatic rings. The van der Waals surface area contributed by atoms with Crippen LogP contribution in [0.15, 0.2) is 42.6 Å². The number of ether oxygens (including phenoxy) is 2. The van der Waals surface area contributed by atoms with Crippen LogP contribution in [0.5, 0.6) is 11.5 Å². The summed E-state index contributed by atoms with van der Waals surface area (Å²) in [5, 5.41) is 19.5. The first-order chi connectivity index (χ1) is 15.6. The first-order valence-corrected chi connectivity index (χ1v) is 10.5. The second kappa shape index (κ2) is 9.43. The second-order valence-corrected chi connectivity index (χ2v) is 7.63. The van der Waals surface area contributed by atoms with Crippen molar-refractivity contribution in [3.05, 3.63) is 53.7 Å². The minimum Gasteiger partial charge on any atom is -0.493 e. The number of urea groups is 1. The summed E-state index contributed by atoms with van der Waals surface area (Å²) in [4.78, 5) is 16.2. The quantitative estimate of drug-likeness (QED) is 0.496. The predicted molar refractivity (Wildman–Crippen MR) is 123 cm³/mol. The van der Waals surface area contributed by atoms with Crippen LogP contribution in [0, 0.1) is 11.3 Å². The number of amides is 2. The van der Waals surface area contributed by atoms with E-state index in [9.17, 15) is 10.1 Å². The number of rotatable bonds is 8. The van der Waals surface area contributed by atoms with Crippen LogP contribution in [0.4, 0.5) is 16.2 Å². The van der Waals surface area contributed by atoms with Gasteiger partial charge in [0.1, 0.15) is 6.07 Å². The van der Waals surface area contributed by atoms with E-state index in [1.807, 2.05) is 30.3 Å². The van der Waals surface area contributed by atoms with E-state index in [-0.39, 0.29) is 6.03 Å². The van der Waals surface area contributed by atoms with Crippen LogP contribution in [0.1, 0.15) is 24.0 Å². The average molecular weight is 431 g/mol. The predicted octanol–water partition coefficient (Wildman–Crippen LogP) is 4.06. The highest BCUT2D eigenvalue weighted by Crippen LogP contribution is 2.35. The fraction of sp³-hybridized carbons (Fsp3) is 0.292. The molecule has 1 aliphatic carbocycles. The van der Waals surface area contributed by atoms with Crippen molar-refractivity contribution in [2.45, 2.75) is 25.3 Å². The van der Waals surface area contributed by atoms with E-state index < -0.39 is 0 Å². The Morgan fingerprint density at radius 2 is 1.88 bits per heavy atom. The van der Waals surface area contributed by atoms with Gasteiger partial charge in [0.2, 0.25) is 0 Å². The lowest BCUT2D eigenvalue weighted by molar-refractivity contribution is 0.251. The Morgan fingerprint density at radius 1 is 1.16 bits per heavy atom. The minimum absolute atomic E-state index is 0.164. The third-order valence-electron chi connectivity index (χ3n) is 5.33. The van der Waals surface area contributed by atoms with Gasteiger partial charge in [-0.2, -0.15) is 5.26 Å². The molecule has 32 heavy (non-hydrogen) atoms. The number of methoxy groups -OCH3 is 2. The first-order valence-electron chi connectivity index (χ1n) is 10.5. The number of nitrogens with zero attached hydrogens (tertiary/aromatic N) is 2. The van der Waals surface area contributed by atoms with Gasteiger partial charge in [-0.3, -0.25) is 4.98 Å². The van der Waals surface area contributed by atoms with Gasteiger partial charge < -0.3 is 25.4 Å². The fourth-order valence-corrected chi connectivity index (χ4v) is 3.46. The van der Waals surface area contributed by atoms with Gasteiger partial charge in [0, 0.05) is 35.9 Å². The molecular weight excluding hydrogens is 406 g/mol. The van der Waals surface area contributed by atoms with E-state index in [0.29, 0.717) is 40.9 Å². The molecule has 1 aromatic heterocycles. The summed E-state index contributed by atoms with van der Waals surface area (Å²) in [5.41, 5.74) is 3.76. The molecule has 2 aromatic carbocycles. The van der Waals surface area contributed by atoms with Gasteiger partial charge in [-0.15, -0.1) is 0 Å². The van der Waals surface area contributed by atoms with Crippen molar-refractivity contribution < 1.29 is 14.3 Å². The fourth-order valence-electron chi connectivity index (χ4n) is 3.46. The summed E-state index contributed by atoms with van der Waals surface area (Å²) in [6.45, 7) is 0.622. The number of carbonyl (C=O) groups excluding carboxylic acids is 1. The van der Waals surface area contributed by atoms with Gasteiger partial charge in [0.25, 0.3) is 0 Å². The summed E-state index contributed by atoms with van der Waals surface area (Å²) in [5.74, 6) is 1.16. The molecule has 1 fully saturated rings. The number of benzene rings is 2. The Balaban J connectivity index is 1.44. The molecule has 2 amide bonds. The highest BCUT2D eigenvalue weighted by molar-refractivity contribution is 5.96. The molecule has 8 nitrogen and oxygen atoms in total. The molecule has 0 unspecified atom stereocenters. The Morgan fingerprint density at radius 3 is 2.53 bits per heavy atom. The SMILES string of the molecule is COc1cc2ncc(C#N)c(NCCc3ccc(NC(=O)NC4CC4)cc3)c2cc1OC.